The molecule has 2 atom stereocenters. The number of hydrogen-bond acceptors (Lipinski definition) is 2. The molecule has 2 aromatic rings. The molecule has 1 aromatic heterocycles. The molecule has 116 valence electrons. The van der Waals surface area contributed by atoms with E-state index >= 15 is 0 Å². The van der Waals surface area contributed by atoms with Gasteiger partial charge >= 0.3 is 0 Å². The second-order valence-electron chi connectivity index (χ2n) is 6.56. The molecule has 0 amide bonds. The van der Waals surface area contributed by atoms with E-state index in [2.05, 4.69) is 22.8 Å². The topological polar surface area (TPSA) is 25.2 Å². The fourth-order valence-corrected chi connectivity index (χ4v) is 3.90. The number of hydrogen-bond donors (Lipinski definition) is 0. The normalized spacial score (nSPS) is 22.8. The minimum atomic E-state index is 0.148. The van der Waals surface area contributed by atoms with E-state index in [0.717, 1.165) is 31.7 Å². The molecule has 2 aliphatic heterocycles. The number of likely N-dealkylation sites (tertiary alicyclic amines) is 1. The van der Waals surface area contributed by atoms with Crippen molar-refractivity contribution in [3.05, 3.63) is 70.1 Å². The average Bonchev–Trinajstić information content (AvgIpc) is 2.57. The number of nitrogens with zero attached hydrogens (tertiary/aromatic N) is 2. The molecule has 0 saturated carbocycles. The second kappa shape index (κ2) is 6.06. The van der Waals surface area contributed by atoms with Gasteiger partial charge in [0, 0.05) is 42.9 Å². The van der Waals surface area contributed by atoms with Crippen LogP contribution in [-0.4, -0.2) is 29.1 Å². The summed E-state index contributed by atoms with van der Waals surface area (Å²) in [5.41, 5.74) is 2.42. The molecule has 0 radical (unpaired) electrons. The van der Waals surface area contributed by atoms with Crippen LogP contribution in [0.15, 0.2) is 53.3 Å². The monoisotopic (exact) mass is 304 g/mol. The van der Waals surface area contributed by atoms with Gasteiger partial charge in [-0.2, -0.15) is 0 Å². The van der Waals surface area contributed by atoms with E-state index in [-0.39, 0.29) is 5.56 Å². The molecule has 3 heterocycles. The van der Waals surface area contributed by atoms with Crippen molar-refractivity contribution in [3.8, 4) is 11.8 Å². The van der Waals surface area contributed by atoms with Crippen molar-refractivity contribution in [1.29, 1.82) is 0 Å². The zero-order valence-electron chi connectivity index (χ0n) is 13.1. The maximum Gasteiger partial charge on any atom is 0.250 e. The average molecular weight is 304 g/mol. The Bertz CT molecular complexity index is 813. The van der Waals surface area contributed by atoms with Crippen LogP contribution >= 0.6 is 0 Å². The van der Waals surface area contributed by atoms with Gasteiger partial charge in [0.1, 0.15) is 0 Å². The minimum absolute atomic E-state index is 0.148. The molecular weight excluding hydrogens is 284 g/mol. The maximum atomic E-state index is 12.0. The number of piperidine rings is 1. The van der Waals surface area contributed by atoms with Gasteiger partial charge in [-0.3, -0.25) is 9.69 Å². The van der Waals surface area contributed by atoms with Gasteiger partial charge in [0.05, 0.1) is 6.54 Å². The van der Waals surface area contributed by atoms with Crippen molar-refractivity contribution >= 4 is 0 Å². The van der Waals surface area contributed by atoms with Gasteiger partial charge in [-0.1, -0.05) is 36.1 Å². The van der Waals surface area contributed by atoms with Crippen LogP contribution in [0.2, 0.25) is 0 Å². The Morgan fingerprint density at radius 3 is 2.74 bits per heavy atom. The first kappa shape index (κ1) is 14.3. The first-order valence-corrected chi connectivity index (χ1v) is 8.25. The first-order valence-electron chi connectivity index (χ1n) is 8.25. The van der Waals surface area contributed by atoms with Gasteiger partial charge in [0.15, 0.2) is 0 Å². The van der Waals surface area contributed by atoms with Crippen LogP contribution < -0.4 is 5.56 Å². The number of rotatable bonds is 1. The molecule has 1 saturated heterocycles. The summed E-state index contributed by atoms with van der Waals surface area (Å²) in [4.78, 5) is 14.5. The van der Waals surface area contributed by atoms with Crippen LogP contribution in [0, 0.1) is 17.8 Å². The highest BCUT2D eigenvalue weighted by Gasteiger charge is 2.33. The quantitative estimate of drug-likeness (QED) is 0.756. The summed E-state index contributed by atoms with van der Waals surface area (Å²) in [7, 11) is 0. The lowest BCUT2D eigenvalue weighted by atomic mass is 9.83. The molecule has 0 aliphatic carbocycles. The Labute approximate surface area is 136 Å². The lowest BCUT2D eigenvalue weighted by Gasteiger charge is -2.42. The molecule has 2 aliphatic rings. The van der Waals surface area contributed by atoms with E-state index in [1.807, 2.05) is 41.0 Å². The standard InChI is InChI=1S/C20H20N2O/c23-20-10-4-9-19-18-12-17(14-22(19)20)13-21(15-18)11-5-8-16-6-2-1-3-7-16/h1-4,6-7,9-10,17-18H,11-15H2. The van der Waals surface area contributed by atoms with E-state index in [0.29, 0.717) is 11.8 Å². The van der Waals surface area contributed by atoms with Crippen molar-refractivity contribution in [3.63, 3.8) is 0 Å². The number of pyridine rings is 1. The zero-order chi connectivity index (χ0) is 15.6. The molecule has 1 aromatic carbocycles. The highest BCUT2D eigenvalue weighted by atomic mass is 16.1. The van der Waals surface area contributed by atoms with Crippen LogP contribution in [0.1, 0.15) is 23.6 Å². The zero-order valence-corrected chi connectivity index (χ0v) is 13.1. The molecule has 1 fully saturated rings. The summed E-state index contributed by atoms with van der Waals surface area (Å²) < 4.78 is 1.98. The summed E-state index contributed by atoms with van der Waals surface area (Å²) in [6, 6.07) is 15.8. The van der Waals surface area contributed by atoms with Crippen molar-refractivity contribution in [2.24, 2.45) is 5.92 Å². The SMILES string of the molecule is O=c1cccc2n1CC1CC2CN(CC#Cc2ccccc2)C1. The predicted molar refractivity (Wildman–Crippen MR) is 91.3 cm³/mol. The molecule has 0 spiro atoms. The summed E-state index contributed by atoms with van der Waals surface area (Å²) in [5.74, 6) is 7.58. The highest BCUT2D eigenvalue weighted by molar-refractivity contribution is 5.33. The van der Waals surface area contributed by atoms with E-state index in [9.17, 15) is 4.79 Å². The van der Waals surface area contributed by atoms with Gasteiger partial charge in [-0.05, 0) is 30.5 Å². The van der Waals surface area contributed by atoms with Crippen LogP contribution in [0.5, 0.6) is 0 Å². The third-order valence-corrected chi connectivity index (χ3v) is 4.86. The molecule has 3 heteroatoms. The Hall–Kier alpha value is -2.31. The van der Waals surface area contributed by atoms with Gasteiger partial charge in [0.2, 0.25) is 0 Å². The fraction of sp³-hybridized carbons (Fsp3) is 0.350. The molecular formula is C20H20N2O. The van der Waals surface area contributed by atoms with E-state index in [1.54, 1.807) is 6.07 Å². The fourth-order valence-electron chi connectivity index (χ4n) is 3.90. The molecule has 2 bridgehead atoms. The summed E-state index contributed by atoms with van der Waals surface area (Å²) in [6.45, 7) is 3.71. The molecule has 23 heavy (non-hydrogen) atoms. The Balaban J connectivity index is 1.49. The largest absolute Gasteiger partial charge is 0.312 e. The lowest BCUT2D eigenvalue weighted by Crippen LogP contribution is -2.47. The Kier molecular flexibility index (Phi) is 3.77. The van der Waals surface area contributed by atoms with E-state index < -0.39 is 0 Å². The van der Waals surface area contributed by atoms with Crippen molar-refractivity contribution < 1.29 is 0 Å². The number of fused-ring (bicyclic) bond motifs is 4. The van der Waals surface area contributed by atoms with Crippen LogP contribution in [0.25, 0.3) is 0 Å². The van der Waals surface area contributed by atoms with Gasteiger partial charge < -0.3 is 4.57 Å². The smallest absolute Gasteiger partial charge is 0.250 e. The molecule has 3 nitrogen and oxygen atoms in total. The third-order valence-electron chi connectivity index (χ3n) is 4.86. The maximum absolute atomic E-state index is 12.0. The molecule has 0 N–H and O–H groups in total. The summed E-state index contributed by atoms with van der Waals surface area (Å²) >= 11 is 0. The van der Waals surface area contributed by atoms with Crippen LogP contribution in [-0.2, 0) is 6.54 Å². The van der Waals surface area contributed by atoms with Crippen LogP contribution in [0.3, 0.4) is 0 Å². The van der Waals surface area contributed by atoms with Crippen molar-refractivity contribution in [2.75, 3.05) is 19.6 Å². The Morgan fingerprint density at radius 2 is 1.87 bits per heavy atom. The number of aromatic nitrogens is 1. The van der Waals surface area contributed by atoms with Crippen molar-refractivity contribution in [2.45, 2.75) is 18.9 Å². The highest BCUT2D eigenvalue weighted by Crippen LogP contribution is 2.34. The second-order valence-corrected chi connectivity index (χ2v) is 6.56. The molecule has 4 rings (SSSR count). The molecule has 2 unspecified atom stereocenters. The number of benzene rings is 1. The minimum Gasteiger partial charge on any atom is -0.312 e. The summed E-state index contributed by atoms with van der Waals surface area (Å²) in [6.07, 6.45) is 1.20. The third kappa shape index (κ3) is 2.95. The predicted octanol–water partition coefficient (Wildman–Crippen LogP) is 2.32. The van der Waals surface area contributed by atoms with E-state index in [4.69, 9.17) is 0 Å². The summed E-state index contributed by atoms with van der Waals surface area (Å²) in [5, 5.41) is 0. The van der Waals surface area contributed by atoms with Crippen molar-refractivity contribution in [1.82, 2.24) is 9.47 Å². The Morgan fingerprint density at radius 1 is 1.00 bits per heavy atom. The first-order chi connectivity index (χ1) is 11.3. The van der Waals surface area contributed by atoms with Gasteiger partial charge in [-0.15, -0.1) is 0 Å². The van der Waals surface area contributed by atoms with Crippen LogP contribution in [0.4, 0.5) is 0 Å². The van der Waals surface area contributed by atoms with E-state index in [1.165, 1.54) is 12.1 Å². The van der Waals surface area contributed by atoms with Gasteiger partial charge in [-0.25, -0.2) is 0 Å². The lowest BCUT2D eigenvalue weighted by molar-refractivity contribution is 0.133. The van der Waals surface area contributed by atoms with Gasteiger partial charge in [0.25, 0.3) is 5.56 Å².